The second-order valence-corrected chi connectivity index (χ2v) is 4.93. The van der Waals surface area contributed by atoms with Crippen LogP contribution in [0.2, 0.25) is 0 Å². The summed E-state index contributed by atoms with van der Waals surface area (Å²) < 4.78 is 38.0. The number of alkyl halides is 3. The SMILES string of the molecule is O=C1C2CNCC2C(=O)N1c1cccc(C(F)(F)F)c1. The lowest BCUT2D eigenvalue weighted by Crippen LogP contribution is -2.34. The normalized spacial score (nSPS) is 26.2. The highest BCUT2D eigenvalue weighted by Crippen LogP contribution is 2.36. The van der Waals surface area contributed by atoms with Gasteiger partial charge in [-0.15, -0.1) is 0 Å². The van der Waals surface area contributed by atoms with Gasteiger partial charge in [-0.2, -0.15) is 13.2 Å². The maximum atomic E-state index is 12.7. The number of nitrogens with one attached hydrogen (secondary N) is 1. The predicted molar refractivity (Wildman–Crippen MR) is 63.8 cm³/mol. The molecule has 1 N–H and O–H groups in total. The fourth-order valence-corrected chi connectivity index (χ4v) is 2.71. The molecule has 20 heavy (non-hydrogen) atoms. The first-order valence-electron chi connectivity index (χ1n) is 6.15. The lowest BCUT2D eigenvalue weighted by molar-refractivity contribution is -0.137. The van der Waals surface area contributed by atoms with Gasteiger partial charge < -0.3 is 5.32 Å². The Morgan fingerprint density at radius 2 is 1.70 bits per heavy atom. The third kappa shape index (κ3) is 1.89. The average Bonchev–Trinajstić information content (AvgIpc) is 2.94. The van der Waals surface area contributed by atoms with Crippen LogP contribution in [0.1, 0.15) is 5.56 Å². The summed E-state index contributed by atoms with van der Waals surface area (Å²) in [6.45, 7) is 0.787. The highest BCUT2D eigenvalue weighted by Gasteiger charge is 2.50. The van der Waals surface area contributed by atoms with E-state index < -0.39 is 35.4 Å². The summed E-state index contributed by atoms with van der Waals surface area (Å²) in [5.41, 5.74) is -0.880. The summed E-state index contributed by atoms with van der Waals surface area (Å²) in [6.07, 6.45) is -4.50. The monoisotopic (exact) mass is 284 g/mol. The minimum atomic E-state index is -4.50. The number of rotatable bonds is 1. The fourth-order valence-electron chi connectivity index (χ4n) is 2.71. The van der Waals surface area contributed by atoms with Gasteiger partial charge in [0.05, 0.1) is 23.1 Å². The van der Waals surface area contributed by atoms with Gasteiger partial charge in [-0.05, 0) is 18.2 Å². The van der Waals surface area contributed by atoms with E-state index in [1.165, 1.54) is 12.1 Å². The van der Waals surface area contributed by atoms with Crippen LogP contribution in [0.3, 0.4) is 0 Å². The second kappa shape index (κ2) is 4.31. The van der Waals surface area contributed by atoms with Crippen LogP contribution in [-0.2, 0) is 15.8 Å². The van der Waals surface area contributed by atoms with E-state index in [9.17, 15) is 22.8 Å². The number of benzene rings is 1. The summed E-state index contributed by atoms with van der Waals surface area (Å²) in [4.78, 5) is 25.2. The molecule has 2 amide bonds. The molecule has 0 saturated carbocycles. The Hall–Kier alpha value is -1.89. The smallest absolute Gasteiger partial charge is 0.315 e. The average molecular weight is 284 g/mol. The lowest BCUT2D eigenvalue weighted by atomic mass is 10.00. The van der Waals surface area contributed by atoms with Crippen molar-refractivity contribution in [2.24, 2.45) is 11.8 Å². The standard InChI is InChI=1S/C13H11F3N2O2/c14-13(15,16)7-2-1-3-8(4-7)18-11(19)9-5-17-6-10(9)12(18)20/h1-4,9-10,17H,5-6H2. The Balaban J connectivity index is 1.98. The molecule has 0 aliphatic carbocycles. The Morgan fingerprint density at radius 3 is 2.25 bits per heavy atom. The first kappa shape index (κ1) is 13.1. The number of imide groups is 1. The van der Waals surface area contributed by atoms with Crippen LogP contribution in [0, 0.1) is 11.8 Å². The zero-order valence-electron chi connectivity index (χ0n) is 10.3. The van der Waals surface area contributed by atoms with Gasteiger partial charge in [-0.25, -0.2) is 4.90 Å². The first-order chi connectivity index (χ1) is 9.39. The predicted octanol–water partition coefficient (Wildman–Crippen LogP) is 1.41. The maximum Gasteiger partial charge on any atom is 0.416 e. The minimum absolute atomic E-state index is 0.00998. The van der Waals surface area contributed by atoms with Crippen LogP contribution in [0.4, 0.5) is 18.9 Å². The molecule has 1 aromatic carbocycles. The molecule has 3 rings (SSSR count). The van der Waals surface area contributed by atoms with Crippen molar-refractivity contribution in [2.75, 3.05) is 18.0 Å². The number of carbonyl (C=O) groups is 2. The number of carbonyl (C=O) groups excluding carboxylic acids is 2. The minimum Gasteiger partial charge on any atom is -0.315 e. The molecule has 2 saturated heterocycles. The Kier molecular flexibility index (Phi) is 2.82. The molecule has 4 nitrogen and oxygen atoms in total. The molecule has 7 heteroatoms. The lowest BCUT2D eigenvalue weighted by Gasteiger charge is -2.17. The Morgan fingerprint density at radius 1 is 1.10 bits per heavy atom. The highest BCUT2D eigenvalue weighted by molar-refractivity contribution is 6.22. The van der Waals surface area contributed by atoms with Crippen molar-refractivity contribution < 1.29 is 22.8 Å². The molecular formula is C13H11F3N2O2. The molecule has 0 spiro atoms. The van der Waals surface area contributed by atoms with E-state index >= 15 is 0 Å². The quantitative estimate of drug-likeness (QED) is 0.793. The largest absolute Gasteiger partial charge is 0.416 e. The van der Waals surface area contributed by atoms with Crippen molar-refractivity contribution in [3.05, 3.63) is 29.8 Å². The van der Waals surface area contributed by atoms with E-state index in [0.717, 1.165) is 17.0 Å². The Bertz CT molecular complexity index is 563. The topological polar surface area (TPSA) is 49.4 Å². The van der Waals surface area contributed by atoms with Gasteiger partial charge in [-0.1, -0.05) is 6.07 Å². The van der Waals surface area contributed by atoms with Crippen LogP contribution < -0.4 is 10.2 Å². The van der Waals surface area contributed by atoms with Crippen molar-refractivity contribution in [1.29, 1.82) is 0 Å². The van der Waals surface area contributed by atoms with Gasteiger partial charge in [-0.3, -0.25) is 9.59 Å². The van der Waals surface area contributed by atoms with Crippen LogP contribution >= 0.6 is 0 Å². The molecule has 2 unspecified atom stereocenters. The van der Waals surface area contributed by atoms with E-state index in [-0.39, 0.29) is 5.69 Å². The van der Waals surface area contributed by atoms with Crippen molar-refractivity contribution in [2.45, 2.75) is 6.18 Å². The summed E-state index contributed by atoms with van der Waals surface area (Å²) in [5, 5.41) is 2.94. The second-order valence-electron chi connectivity index (χ2n) is 4.93. The molecule has 1 aromatic rings. The number of hydrogen-bond donors (Lipinski definition) is 1. The third-order valence-corrected chi connectivity index (χ3v) is 3.72. The zero-order valence-corrected chi connectivity index (χ0v) is 10.3. The van der Waals surface area contributed by atoms with E-state index in [1.54, 1.807) is 0 Å². The number of anilines is 1. The first-order valence-corrected chi connectivity index (χ1v) is 6.15. The number of hydrogen-bond acceptors (Lipinski definition) is 3. The molecule has 2 heterocycles. The van der Waals surface area contributed by atoms with Crippen molar-refractivity contribution in [1.82, 2.24) is 5.32 Å². The van der Waals surface area contributed by atoms with Gasteiger partial charge in [0.15, 0.2) is 0 Å². The Labute approximate surface area is 112 Å². The van der Waals surface area contributed by atoms with E-state index in [1.807, 2.05) is 0 Å². The molecular weight excluding hydrogens is 273 g/mol. The van der Waals surface area contributed by atoms with Gasteiger partial charge in [0, 0.05) is 13.1 Å². The number of fused-ring (bicyclic) bond motifs is 1. The zero-order chi connectivity index (χ0) is 14.5. The maximum absolute atomic E-state index is 12.7. The molecule has 2 atom stereocenters. The summed E-state index contributed by atoms with van der Waals surface area (Å²) in [6, 6.07) is 4.30. The van der Waals surface area contributed by atoms with Crippen molar-refractivity contribution >= 4 is 17.5 Å². The van der Waals surface area contributed by atoms with Gasteiger partial charge in [0.25, 0.3) is 0 Å². The summed E-state index contributed by atoms with van der Waals surface area (Å²) in [5.74, 6) is -1.78. The molecule has 2 fully saturated rings. The van der Waals surface area contributed by atoms with Crippen LogP contribution in [-0.4, -0.2) is 24.9 Å². The third-order valence-electron chi connectivity index (χ3n) is 3.72. The molecule has 0 radical (unpaired) electrons. The summed E-state index contributed by atoms with van der Waals surface area (Å²) >= 11 is 0. The van der Waals surface area contributed by atoms with Crippen molar-refractivity contribution in [3.63, 3.8) is 0 Å². The number of nitrogens with zero attached hydrogens (tertiary/aromatic N) is 1. The van der Waals surface area contributed by atoms with E-state index in [4.69, 9.17) is 0 Å². The molecule has 0 aromatic heterocycles. The van der Waals surface area contributed by atoms with Gasteiger partial charge in [0.1, 0.15) is 0 Å². The van der Waals surface area contributed by atoms with Crippen LogP contribution in [0.5, 0.6) is 0 Å². The number of halogens is 3. The number of amides is 2. The highest BCUT2D eigenvalue weighted by atomic mass is 19.4. The van der Waals surface area contributed by atoms with E-state index in [2.05, 4.69) is 5.32 Å². The summed E-state index contributed by atoms with van der Waals surface area (Å²) in [7, 11) is 0. The van der Waals surface area contributed by atoms with Gasteiger partial charge in [0.2, 0.25) is 11.8 Å². The fraction of sp³-hybridized carbons (Fsp3) is 0.385. The van der Waals surface area contributed by atoms with Gasteiger partial charge >= 0.3 is 6.18 Å². The van der Waals surface area contributed by atoms with Crippen LogP contribution in [0.15, 0.2) is 24.3 Å². The van der Waals surface area contributed by atoms with Crippen LogP contribution in [0.25, 0.3) is 0 Å². The van der Waals surface area contributed by atoms with E-state index in [0.29, 0.717) is 13.1 Å². The molecule has 2 aliphatic heterocycles. The molecule has 0 bridgehead atoms. The molecule has 106 valence electrons. The van der Waals surface area contributed by atoms with Crippen molar-refractivity contribution in [3.8, 4) is 0 Å². The molecule has 2 aliphatic rings.